The fourth-order valence-corrected chi connectivity index (χ4v) is 4.83. The Bertz CT molecular complexity index is 1300. The molecule has 2 aromatic carbocycles. The van der Waals surface area contributed by atoms with E-state index in [2.05, 4.69) is 17.7 Å². The van der Waals surface area contributed by atoms with Crippen LogP contribution >= 0.6 is 0 Å². The van der Waals surface area contributed by atoms with Crippen LogP contribution in [0.25, 0.3) is 21.7 Å². The Kier molecular flexibility index (Phi) is 5.47. The lowest BCUT2D eigenvalue weighted by Crippen LogP contribution is -2.52. The summed E-state index contributed by atoms with van der Waals surface area (Å²) in [6.45, 7) is 1.49. The number of benzene rings is 2. The summed E-state index contributed by atoms with van der Waals surface area (Å²) in [5.74, 6) is -1.37. The van der Waals surface area contributed by atoms with Crippen molar-refractivity contribution < 1.29 is 28.3 Å². The highest BCUT2D eigenvalue weighted by Gasteiger charge is 2.52. The van der Waals surface area contributed by atoms with E-state index in [-0.39, 0.29) is 6.42 Å². The second kappa shape index (κ2) is 8.48. The van der Waals surface area contributed by atoms with Crippen LogP contribution in [0.1, 0.15) is 38.2 Å². The number of imide groups is 1. The number of nitrogens with one attached hydrogen (secondary N) is 2. The van der Waals surface area contributed by atoms with Crippen LogP contribution in [0.5, 0.6) is 0 Å². The van der Waals surface area contributed by atoms with Crippen molar-refractivity contribution in [1.29, 1.82) is 0 Å². The molecule has 176 valence electrons. The largest absolute Gasteiger partial charge is 0.464 e. The van der Waals surface area contributed by atoms with Gasteiger partial charge in [-0.2, -0.15) is 5.01 Å². The molecule has 0 radical (unpaired) electrons. The second-order valence-corrected chi connectivity index (χ2v) is 9.13. The van der Waals surface area contributed by atoms with E-state index in [1.807, 2.05) is 36.4 Å². The van der Waals surface area contributed by atoms with E-state index in [9.17, 15) is 19.2 Å². The number of ether oxygens (including phenoxy) is 1. The predicted molar refractivity (Wildman–Crippen MR) is 122 cm³/mol. The summed E-state index contributed by atoms with van der Waals surface area (Å²) in [4.78, 5) is 49.9. The van der Waals surface area contributed by atoms with Crippen molar-refractivity contribution in [1.82, 2.24) is 15.8 Å². The quantitative estimate of drug-likeness (QED) is 0.443. The van der Waals surface area contributed by atoms with Gasteiger partial charge >= 0.3 is 12.0 Å². The van der Waals surface area contributed by atoms with E-state index in [0.29, 0.717) is 34.9 Å². The molecule has 1 saturated heterocycles. The van der Waals surface area contributed by atoms with E-state index in [4.69, 9.17) is 9.15 Å². The standard InChI is InChI=1S/C25H25N3O6/c1-15-8-10-25(11-9-15)23(31)28(24(32)26-25)27-20(29)14-34-21(30)12-17-13-33-19-7-6-16-4-2-3-5-18(16)22(17)19/h2-7,13,15H,8-12,14H2,1H3,(H,26,32)(H,27,29). The Morgan fingerprint density at radius 2 is 1.94 bits per heavy atom. The fraction of sp³-hybridized carbons (Fsp3) is 0.360. The van der Waals surface area contributed by atoms with Crippen LogP contribution in [0.15, 0.2) is 47.1 Å². The summed E-state index contributed by atoms with van der Waals surface area (Å²) < 4.78 is 10.7. The lowest BCUT2D eigenvalue weighted by atomic mass is 9.77. The van der Waals surface area contributed by atoms with Gasteiger partial charge in [-0.05, 0) is 48.4 Å². The van der Waals surface area contributed by atoms with E-state index in [1.54, 1.807) is 0 Å². The molecule has 9 heteroatoms. The maximum atomic E-state index is 12.8. The molecule has 9 nitrogen and oxygen atoms in total. The molecule has 0 atom stereocenters. The third kappa shape index (κ3) is 3.87. The summed E-state index contributed by atoms with van der Waals surface area (Å²) in [6.07, 6.45) is 4.14. The summed E-state index contributed by atoms with van der Waals surface area (Å²) in [7, 11) is 0. The number of furan rings is 1. The smallest absolute Gasteiger partial charge is 0.344 e. The molecular weight excluding hydrogens is 438 g/mol. The molecule has 0 unspecified atom stereocenters. The number of hydrogen-bond donors (Lipinski definition) is 2. The minimum Gasteiger partial charge on any atom is -0.464 e. The van der Waals surface area contributed by atoms with Crippen LogP contribution in [-0.4, -0.2) is 41.0 Å². The van der Waals surface area contributed by atoms with Gasteiger partial charge in [0.05, 0.1) is 12.7 Å². The van der Waals surface area contributed by atoms with Gasteiger partial charge in [-0.25, -0.2) is 4.79 Å². The molecule has 2 heterocycles. The highest BCUT2D eigenvalue weighted by molar-refractivity contribution is 6.09. The Balaban J connectivity index is 1.20. The van der Waals surface area contributed by atoms with E-state index < -0.39 is 36.0 Å². The maximum absolute atomic E-state index is 12.8. The average molecular weight is 463 g/mol. The third-order valence-corrected chi connectivity index (χ3v) is 6.77. The van der Waals surface area contributed by atoms with Crippen molar-refractivity contribution >= 4 is 45.6 Å². The zero-order valence-electron chi connectivity index (χ0n) is 18.8. The molecule has 1 aliphatic carbocycles. The van der Waals surface area contributed by atoms with Crippen LogP contribution in [-0.2, 0) is 25.5 Å². The highest BCUT2D eigenvalue weighted by atomic mass is 16.5. The molecule has 3 aromatic rings. The minimum atomic E-state index is -0.960. The molecule has 5 rings (SSSR count). The average Bonchev–Trinajstić information content (AvgIpc) is 3.34. The highest BCUT2D eigenvalue weighted by Crippen LogP contribution is 2.36. The van der Waals surface area contributed by atoms with Crippen molar-refractivity contribution in [3.8, 4) is 0 Å². The van der Waals surface area contributed by atoms with Gasteiger partial charge in [0.2, 0.25) is 0 Å². The number of esters is 1. The third-order valence-electron chi connectivity index (χ3n) is 6.77. The van der Waals surface area contributed by atoms with Crippen molar-refractivity contribution in [2.45, 2.75) is 44.6 Å². The van der Waals surface area contributed by atoms with Gasteiger partial charge in [0, 0.05) is 10.9 Å². The molecule has 1 aromatic heterocycles. The first-order valence-corrected chi connectivity index (χ1v) is 11.4. The van der Waals surface area contributed by atoms with Crippen molar-refractivity contribution in [2.24, 2.45) is 5.92 Å². The fourth-order valence-electron chi connectivity index (χ4n) is 4.83. The Morgan fingerprint density at radius 1 is 1.18 bits per heavy atom. The van der Waals surface area contributed by atoms with Crippen LogP contribution in [0.2, 0.25) is 0 Å². The molecule has 1 aliphatic heterocycles. The first-order valence-electron chi connectivity index (χ1n) is 11.4. The number of amides is 4. The van der Waals surface area contributed by atoms with Gasteiger partial charge in [0.1, 0.15) is 11.1 Å². The minimum absolute atomic E-state index is 0.0846. The molecule has 34 heavy (non-hydrogen) atoms. The number of hydrogen-bond acceptors (Lipinski definition) is 6. The summed E-state index contributed by atoms with van der Waals surface area (Å²) in [5, 5.41) is 6.22. The van der Waals surface area contributed by atoms with Gasteiger partial charge in [-0.3, -0.25) is 19.8 Å². The number of nitrogens with zero attached hydrogens (tertiary/aromatic N) is 1. The van der Waals surface area contributed by atoms with Crippen LogP contribution in [0, 0.1) is 5.92 Å². The van der Waals surface area contributed by atoms with E-state index >= 15 is 0 Å². The van der Waals surface area contributed by atoms with E-state index in [0.717, 1.165) is 29.0 Å². The van der Waals surface area contributed by atoms with Crippen molar-refractivity contribution in [3.05, 3.63) is 48.2 Å². The second-order valence-electron chi connectivity index (χ2n) is 9.13. The molecule has 4 amide bonds. The van der Waals surface area contributed by atoms with Crippen LogP contribution in [0.3, 0.4) is 0 Å². The number of carbonyl (C=O) groups is 4. The normalized spacial score (nSPS) is 22.4. The summed E-state index contributed by atoms with van der Waals surface area (Å²) in [6, 6.07) is 10.9. The summed E-state index contributed by atoms with van der Waals surface area (Å²) >= 11 is 0. The first-order chi connectivity index (χ1) is 16.4. The number of rotatable bonds is 5. The SMILES string of the molecule is CC1CCC2(CC1)NC(=O)N(NC(=O)COC(=O)Cc1coc3ccc4ccccc4c13)C2=O. The van der Waals surface area contributed by atoms with Crippen molar-refractivity contribution in [2.75, 3.05) is 6.61 Å². The molecule has 2 N–H and O–H groups in total. The number of fused-ring (bicyclic) bond motifs is 3. The van der Waals surface area contributed by atoms with Gasteiger partial charge in [-0.15, -0.1) is 0 Å². The zero-order chi connectivity index (χ0) is 23.9. The maximum Gasteiger partial charge on any atom is 0.344 e. The Morgan fingerprint density at radius 3 is 2.74 bits per heavy atom. The predicted octanol–water partition coefficient (Wildman–Crippen LogP) is 3.20. The topological polar surface area (TPSA) is 118 Å². The molecule has 2 fully saturated rings. The monoisotopic (exact) mass is 463 g/mol. The van der Waals surface area contributed by atoms with Gasteiger partial charge in [0.15, 0.2) is 6.61 Å². The molecular formula is C25H25N3O6. The molecule has 0 bridgehead atoms. The Hall–Kier alpha value is -3.88. The zero-order valence-corrected chi connectivity index (χ0v) is 18.8. The van der Waals surface area contributed by atoms with Crippen molar-refractivity contribution in [3.63, 3.8) is 0 Å². The lowest BCUT2D eigenvalue weighted by molar-refractivity contribution is -0.150. The van der Waals surface area contributed by atoms with Gasteiger partial charge in [0.25, 0.3) is 11.8 Å². The number of carbonyl (C=O) groups excluding carboxylic acids is 4. The Labute approximate surface area is 195 Å². The lowest BCUT2D eigenvalue weighted by Gasteiger charge is -2.33. The van der Waals surface area contributed by atoms with E-state index in [1.165, 1.54) is 6.26 Å². The molecule has 2 aliphatic rings. The number of hydrazine groups is 1. The first kappa shape index (κ1) is 21.9. The van der Waals surface area contributed by atoms with Crippen LogP contribution in [0.4, 0.5) is 4.79 Å². The van der Waals surface area contributed by atoms with Gasteiger partial charge in [-0.1, -0.05) is 37.3 Å². The van der Waals surface area contributed by atoms with Crippen LogP contribution < -0.4 is 10.7 Å². The van der Waals surface area contributed by atoms with Gasteiger partial charge < -0.3 is 14.5 Å². The summed E-state index contributed by atoms with van der Waals surface area (Å²) in [5.41, 5.74) is 2.62. The molecule has 1 saturated carbocycles. The molecule has 1 spiro atoms. The number of urea groups is 1.